The Balaban J connectivity index is 1.50. The van der Waals surface area contributed by atoms with Gasteiger partial charge in [-0.05, 0) is 12.5 Å². The van der Waals surface area contributed by atoms with E-state index in [2.05, 4.69) is 21.3 Å². The van der Waals surface area contributed by atoms with Gasteiger partial charge in [0.1, 0.15) is 5.75 Å². The Kier molecular flexibility index (Phi) is 5.71. The van der Waals surface area contributed by atoms with Crippen LogP contribution >= 0.6 is 0 Å². The van der Waals surface area contributed by atoms with Crippen LogP contribution in [0.4, 0.5) is 0 Å². The largest absolute Gasteiger partial charge is 0.493 e. The number of nitrogens with zero attached hydrogens (tertiary/aromatic N) is 2. The SMILES string of the molecule is NC(=NCCN1CCCOCC1)NC1CCOc2ccccc21. The lowest BCUT2D eigenvalue weighted by Crippen LogP contribution is -2.38. The topological polar surface area (TPSA) is 72.1 Å². The molecule has 0 radical (unpaired) electrons. The number of hydrogen-bond donors (Lipinski definition) is 2. The molecule has 0 amide bonds. The number of para-hydroxylation sites is 1. The molecular weight excluding hydrogens is 292 g/mol. The van der Waals surface area contributed by atoms with Crippen LogP contribution < -0.4 is 15.8 Å². The predicted molar refractivity (Wildman–Crippen MR) is 90.8 cm³/mol. The molecule has 6 nitrogen and oxygen atoms in total. The summed E-state index contributed by atoms with van der Waals surface area (Å²) in [5.41, 5.74) is 7.22. The average molecular weight is 318 g/mol. The van der Waals surface area contributed by atoms with E-state index in [0.29, 0.717) is 19.1 Å². The molecule has 2 aliphatic rings. The van der Waals surface area contributed by atoms with E-state index in [1.54, 1.807) is 0 Å². The van der Waals surface area contributed by atoms with Crippen molar-refractivity contribution in [1.29, 1.82) is 0 Å². The van der Waals surface area contributed by atoms with E-state index in [0.717, 1.165) is 57.0 Å². The van der Waals surface area contributed by atoms with Crippen LogP contribution in [0, 0.1) is 0 Å². The molecule has 0 saturated carbocycles. The van der Waals surface area contributed by atoms with Gasteiger partial charge in [0.25, 0.3) is 0 Å². The van der Waals surface area contributed by atoms with Crippen molar-refractivity contribution in [2.45, 2.75) is 18.9 Å². The maximum atomic E-state index is 6.06. The number of nitrogens with one attached hydrogen (secondary N) is 1. The zero-order chi connectivity index (χ0) is 15.9. The lowest BCUT2D eigenvalue weighted by Gasteiger charge is -2.27. The van der Waals surface area contributed by atoms with Crippen LogP contribution in [0.25, 0.3) is 0 Å². The second-order valence-corrected chi connectivity index (χ2v) is 5.95. The summed E-state index contributed by atoms with van der Waals surface area (Å²) in [5.74, 6) is 1.45. The number of guanidine groups is 1. The Morgan fingerprint density at radius 2 is 2.17 bits per heavy atom. The lowest BCUT2D eigenvalue weighted by atomic mass is 10.0. The van der Waals surface area contributed by atoms with Gasteiger partial charge < -0.3 is 20.5 Å². The van der Waals surface area contributed by atoms with E-state index < -0.39 is 0 Å². The molecule has 2 aliphatic heterocycles. The monoisotopic (exact) mass is 318 g/mol. The summed E-state index contributed by atoms with van der Waals surface area (Å²) in [6.07, 6.45) is 1.99. The highest BCUT2D eigenvalue weighted by atomic mass is 16.5. The van der Waals surface area contributed by atoms with E-state index >= 15 is 0 Å². The zero-order valence-corrected chi connectivity index (χ0v) is 13.5. The van der Waals surface area contributed by atoms with Crippen molar-refractivity contribution in [3.05, 3.63) is 29.8 Å². The Morgan fingerprint density at radius 3 is 3.13 bits per heavy atom. The van der Waals surface area contributed by atoms with Gasteiger partial charge in [0, 0.05) is 38.2 Å². The molecule has 2 heterocycles. The van der Waals surface area contributed by atoms with Crippen LogP contribution in [0.15, 0.2) is 29.3 Å². The smallest absolute Gasteiger partial charge is 0.189 e. The molecular formula is C17H26N4O2. The molecule has 0 aromatic heterocycles. The van der Waals surface area contributed by atoms with E-state index in [9.17, 15) is 0 Å². The molecule has 0 aliphatic carbocycles. The molecule has 23 heavy (non-hydrogen) atoms. The average Bonchev–Trinajstić information content (AvgIpc) is 2.84. The van der Waals surface area contributed by atoms with Crippen molar-refractivity contribution in [2.24, 2.45) is 10.7 Å². The normalized spacial score (nSPS) is 22.8. The highest BCUT2D eigenvalue weighted by Gasteiger charge is 2.21. The first kappa shape index (κ1) is 16.1. The molecule has 1 fully saturated rings. The van der Waals surface area contributed by atoms with Crippen molar-refractivity contribution in [3.8, 4) is 5.75 Å². The number of ether oxygens (including phenoxy) is 2. The fourth-order valence-electron chi connectivity index (χ4n) is 3.05. The van der Waals surface area contributed by atoms with E-state index in [-0.39, 0.29) is 6.04 Å². The molecule has 126 valence electrons. The molecule has 1 aromatic rings. The molecule has 1 saturated heterocycles. The first-order valence-corrected chi connectivity index (χ1v) is 8.41. The second kappa shape index (κ2) is 8.17. The fourth-order valence-corrected chi connectivity index (χ4v) is 3.05. The summed E-state index contributed by atoms with van der Waals surface area (Å²) in [6, 6.07) is 8.27. The van der Waals surface area contributed by atoms with Gasteiger partial charge in [-0.1, -0.05) is 18.2 Å². The van der Waals surface area contributed by atoms with Gasteiger partial charge in [-0.3, -0.25) is 9.89 Å². The van der Waals surface area contributed by atoms with Crippen molar-refractivity contribution >= 4 is 5.96 Å². The molecule has 3 N–H and O–H groups in total. The fraction of sp³-hybridized carbons (Fsp3) is 0.588. The van der Waals surface area contributed by atoms with Crippen LogP contribution in [0.2, 0.25) is 0 Å². The second-order valence-electron chi connectivity index (χ2n) is 5.95. The van der Waals surface area contributed by atoms with Crippen molar-refractivity contribution in [1.82, 2.24) is 10.2 Å². The molecule has 1 atom stereocenters. The van der Waals surface area contributed by atoms with Gasteiger partial charge in [0.15, 0.2) is 5.96 Å². The predicted octanol–water partition coefficient (Wildman–Crippen LogP) is 1.14. The maximum absolute atomic E-state index is 6.06. The van der Waals surface area contributed by atoms with Gasteiger partial charge in [-0.2, -0.15) is 0 Å². The van der Waals surface area contributed by atoms with Gasteiger partial charge in [0.2, 0.25) is 0 Å². The zero-order valence-electron chi connectivity index (χ0n) is 13.5. The Hall–Kier alpha value is -1.79. The van der Waals surface area contributed by atoms with Crippen molar-refractivity contribution in [3.63, 3.8) is 0 Å². The number of aliphatic imine (C=N–C) groups is 1. The minimum Gasteiger partial charge on any atom is -0.493 e. The van der Waals surface area contributed by atoms with Crippen LogP contribution in [0.1, 0.15) is 24.4 Å². The highest BCUT2D eigenvalue weighted by Crippen LogP contribution is 2.31. The first-order chi connectivity index (χ1) is 11.3. The summed E-state index contributed by atoms with van der Waals surface area (Å²) >= 11 is 0. The number of nitrogens with two attached hydrogens (primary N) is 1. The third-order valence-corrected chi connectivity index (χ3v) is 4.29. The minimum absolute atomic E-state index is 0.176. The molecule has 3 rings (SSSR count). The van der Waals surface area contributed by atoms with Gasteiger partial charge >= 0.3 is 0 Å². The number of benzene rings is 1. The van der Waals surface area contributed by atoms with Crippen LogP contribution in [0.5, 0.6) is 5.75 Å². The van der Waals surface area contributed by atoms with Crippen molar-refractivity contribution in [2.75, 3.05) is 46.0 Å². The Bertz CT molecular complexity index is 527. The Morgan fingerprint density at radius 1 is 1.26 bits per heavy atom. The third-order valence-electron chi connectivity index (χ3n) is 4.29. The number of hydrogen-bond acceptors (Lipinski definition) is 4. The van der Waals surface area contributed by atoms with Gasteiger partial charge in [-0.25, -0.2) is 0 Å². The van der Waals surface area contributed by atoms with Crippen LogP contribution in [0.3, 0.4) is 0 Å². The molecule has 0 spiro atoms. The molecule has 1 aromatic carbocycles. The summed E-state index contributed by atoms with van der Waals surface area (Å²) in [7, 11) is 0. The summed E-state index contributed by atoms with van der Waals surface area (Å²) in [5, 5.41) is 3.33. The highest BCUT2D eigenvalue weighted by molar-refractivity contribution is 5.78. The molecule has 0 bridgehead atoms. The standard InChI is InChI=1S/C17H26N4O2/c18-17(19-7-9-21-8-3-11-22-13-10-21)20-15-6-12-23-16-5-2-1-4-14(15)16/h1-2,4-5,15H,3,6-13H2,(H3,18,19,20). The summed E-state index contributed by atoms with van der Waals surface area (Å²) in [6.45, 7) is 6.09. The van der Waals surface area contributed by atoms with E-state index in [1.807, 2.05) is 18.2 Å². The van der Waals surface area contributed by atoms with Crippen LogP contribution in [-0.4, -0.2) is 56.9 Å². The lowest BCUT2D eigenvalue weighted by molar-refractivity contribution is 0.142. The number of fused-ring (bicyclic) bond motifs is 1. The van der Waals surface area contributed by atoms with Crippen LogP contribution in [-0.2, 0) is 4.74 Å². The molecule has 1 unspecified atom stereocenters. The summed E-state index contributed by atoms with van der Waals surface area (Å²) in [4.78, 5) is 6.86. The third kappa shape index (κ3) is 4.59. The quantitative estimate of drug-likeness (QED) is 0.643. The van der Waals surface area contributed by atoms with Crippen molar-refractivity contribution < 1.29 is 9.47 Å². The summed E-state index contributed by atoms with van der Waals surface area (Å²) < 4.78 is 11.1. The van der Waals surface area contributed by atoms with E-state index in [4.69, 9.17) is 15.2 Å². The van der Waals surface area contributed by atoms with E-state index in [1.165, 1.54) is 0 Å². The first-order valence-electron chi connectivity index (χ1n) is 8.41. The number of rotatable bonds is 4. The Labute approximate surface area is 137 Å². The molecule has 6 heteroatoms. The van der Waals surface area contributed by atoms with Gasteiger partial charge in [-0.15, -0.1) is 0 Å². The van der Waals surface area contributed by atoms with Gasteiger partial charge in [0.05, 0.1) is 25.8 Å². The maximum Gasteiger partial charge on any atom is 0.189 e. The minimum atomic E-state index is 0.176.